The standard InChI is InChI=1S/C14H12BrN3/c1-8-3-5-10(6-4-8)13-12-11(15)7-16-14(12)18-9(2)17-13/h3-7H,1-2H3,(H,16,17,18). The number of nitrogens with one attached hydrogen (secondary N) is 1. The van der Waals surface area contributed by atoms with Crippen LogP contribution in [0.3, 0.4) is 0 Å². The maximum absolute atomic E-state index is 4.57. The Labute approximate surface area is 113 Å². The molecule has 3 nitrogen and oxygen atoms in total. The average molecular weight is 302 g/mol. The number of benzene rings is 1. The second kappa shape index (κ2) is 4.21. The molecule has 0 saturated carbocycles. The van der Waals surface area contributed by atoms with Crippen molar-refractivity contribution in [2.75, 3.05) is 0 Å². The van der Waals surface area contributed by atoms with Crippen molar-refractivity contribution in [2.24, 2.45) is 0 Å². The lowest BCUT2D eigenvalue weighted by Crippen LogP contribution is -1.93. The van der Waals surface area contributed by atoms with Crippen LogP contribution in [0.4, 0.5) is 0 Å². The fraction of sp³-hybridized carbons (Fsp3) is 0.143. The van der Waals surface area contributed by atoms with Crippen molar-refractivity contribution in [1.29, 1.82) is 0 Å². The molecule has 3 aromatic rings. The maximum atomic E-state index is 4.57. The van der Waals surface area contributed by atoms with Crippen LogP contribution >= 0.6 is 15.9 Å². The highest BCUT2D eigenvalue weighted by molar-refractivity contribution is 9.10. The number of hydrogen-bond donors (Lipinski definition) is 1. The van der Waals surface area contributed by atoms with Crippen LogP contribution in [0.2, 0.25) is 0 Å². The summed E-state index contributed by atoms with van der Waals surface area (Å²) in [5.74, 6) is 0.771. The average Bonchev–Trinajstić information content (AvgIpc) is 2.71. The number of nitrogens with zero attached hydrogens (tertiary/aromatic N) is 2. The largest absolute Gasteiger partial charge is 0.345 e. The Hall–Kier alpha value is -1.68. The van der Waals surface area contributed by atoms with Gasteiger partial charge >= 0.3 is 0 Å². The molecule has 1 N–H and O–H groups in total. The number of fused-ring (bicyclic) bond motifs is 1. The Morgan fingerprint density at radius 1 is 1.06 bits per heavy atom. The number of H-pyrrole nitrogens is 1. The molecule has 0 aliphatic carbocycles. The van der Waals surface area contributed by atoms with Gasteiger partial charge in [0.25, 0.3) is 0 Å². The Morgan fingerprint density at radius 3 is 2.50 bits per heavy atom. The molecule has 0 unspecified atom stereocenters. The first kappa shape index (κ1) is 11.4. The van der Waals surface area contributed by atoms with Crippen molar-refractivity contribution in [3.63, 3.8) is 0 Å². The van der Waals surface area contributed by atoms with E-state index in [-0.39, 0.29) is 0 Å². The lowest BCUT2D eigenvalue weighted by molar-refractivity contribution is 1.08. The van der Waals surface area contributed by atoms with Crippen molar-refractivity contribution in [3.05, 3.63) is 46.3 Å². The first-order valence-corrected chi connectivity index (χ1v) is 6.53. The highest BCUT2D eigenvalue weighted by Crippen LogP contribution is 2.31. The fourth-order valence-corrected chi connectivity index (χ4v) is 2.52. The third-order valence-electron chi connectivity index (χ3n) is 2.92. The van der Waals surface area contributed by atoms with E-state index in [1.165, 1.54) is 5.56 Å². The number of halogens is 1. The monoisotopic (exact) mass is 301 g/mol. The summed E-state index contributed by atoms with van der Waals surface area (Å²) in [6.07, 6.45) is 1.90. The maximum Gasteiger partial charge on any atom is 0.142 e. The van der Waals surface area contributed by atoms with Gasteiger partial charge in [0.15, 0.2) is 0 Å². The van der Waals surface area contributed by atoms with E-state index in [0.717, 1.165) is 32.6 Å². The summed E-state index contributed by atoms with van der Waals surface area (Å²) in [6, 6.07) is 8.38. The molecule has 90 valence electrons. The second-order valence-corrected chi connectivity index (χ2v) is 5.20. The molecule has 0 saturated heterocycles. The number of aromatic amines is 1. The minimum Gasteiger partial charge on any atom is -0.345 e. The van der Waals surface area contributed by atoms with E-state index in [2.05, 4.69) is 62.1 Å². The molecular formula is C14H12BrN3. The van der Waals surface area contributed by atoms with Crippen LogP contribution in [0.15, 0.2) is 34.9 Å². The van der Waals surface area contributed by atoms with Crippen LogP contribution in [0, 0.1) is 13.8 Å². The van der Waals surface area contributed by atoms with Gasteiger partial charge < -0.3 is 4.98 Å². The van der Waals surface area contributed by atoms with E-state index < -0.39 is 0 Å². The van der Waals surface area contributed by atoms with Crippen LogP contribution < -0.4 is 0 Å². The topological polar surface area (TPSA) is 41.6 Å². The minimum absolute atomic E-state index is 0.771. The zero-order chi connectivity index (χ0) is 12.7. The Balaban J connectivity index is 2.33. The number of rotatable bonds is 1. The van der Waals surface area contributed by atoms with E-state index in [0.29, 0.717) is 0 Å². The van der Waals surface area contributed by atoms with Crippen LogP contribution in [-0.2, 0) is 0 Å². The van der Waals surface area contributed by atoms with Gasteiger partial charge in [-0.1, -0.05) is 29.8 Å². The lowest BCUT2D eigenvalue weighted by atomic mass is 10.1. The van der Waals surface area contributed by atoms with Gasteiger partial charge in [-0.2, -0.15) is 0 Å². The summed E-state index contributed by atoms with van der Waals surface area (Å²) in [6.45, 7) is 3.99. The SMILES string of the molecule is Cc1ccc(-c2nc(C)nc3[nH]cc(Br)c23)cc1. The van der Waals surface area contributed by atoms with E-state index in [1.807, 2.05) is 13.1 Å². The molecule has 2 heterocycles. The van der Waals surface area contributed by atoms with Gasteiger partial charge in [0.05, 0.1) is 11.1 Å². The molecule has 0 bridgehead atoms. The molecule has 0 aliphatic rings. The summed E-state index contributed by atoms with van der Waals surface area (Å²) in [5, 5.41) is 1.03. The van der Waals surface area contributed by atoms with Gasteiger partial charge in [-0.3, -0.25) is 0 Å². The Bertz CT molecular complexity index is 714. The van der Waals surface area contributed by atoms with E-state index in [9.17, 15) is 0 Å². The summed E-state index contributed by atoms with van der Waals surface area (Å²) in [5.41, 5.74) is 4.18. The molecular weight excluding hydrogens is 290 g/mol. The van der Waals surface area contributed by atoms with Gasteiger partial charge in [0.2, 0.25) is 0 Å². The molecule has 0 fully saturated rings. The summed E-state index contributed by atoms with van der Waals surface area (Å²) in [4.78, 5) is 12.1. The van der Waals surface area contributed by atoms with Gasteiger partial charge in [-0.25, -0.2) is 9.97 Å². The molecule has 0 radical (unpaired) electrons. The van der Waals surface area contributed by atoms with Crippen molar-refractivity contribution in [1.82, 2.24) is 15.0 Å². The van der Waals surface area contributed by atoms with Gasteiger partial charge in [0.1, 0.15) is 11.5 Å². The fourth-order valence-electron chi connectivity index (χ4n) is 2.03. The zero-order valence-electron chi connectivity index (χ0n) is 10.2. The first-order chi connectivity index (χ1) is 8.65. The summed E-state index contributed by atoms with van der Waals surface area (Å²) < 4.78 is 0.994. The van der Waals surface area contributed by atoms with Gasteiger partial charge in [0, 0.05) is 16.2 Å². The van der Waals surface area contributed by atoms with E-state index in [4.69, 9.17) is 0 Å². The van der Waals surface area contributed by atoms with Crippen LogP contribution in [-0.4, -0.2) is 15.0 Å². The predicted molar refractivity (Wildman–Crippen MR) is 76.5 cm³/mol. The quantitative estimate of drug-likeness (QED) is 0.738. The smallest absolute Gasteiger partial charge is 0.142 e. The molecule has 4 heteroatoms. The normalized spacial score (nSPS) is 11.1. The Kier molecular flexibility index (Phi) is 2.67. The lowest BCUT2D eigenvalue weighted by Gasteiger charge is -2.05. The van der Waals surface area contributed by atoms with Crippen molar-refractivity contribution >= 4 is 27.0 Å². The third-order valence-corrected chi connectivity index (χ3v) is 3.55. The molecule has 0 aliphatic heterocycles. The number of aryl methyl sites for hydroxylation is 2. The van der Waals surface area contributed by atoms with E-state index >= 15 is 0 Å². The summed E-state index contributed by atoms with van der Waals surface area (Å²) in [7, 11) is 0. The molecule has 18 heavy (non-hydrogen) atoms. The molecule has 2 aromatic heterocycles. The third kappa shape index (κ3) is 1.82. The van der Waals surface area contributed by atoms with Gasteiger partial charge in [-0.15, -0.1) is 0 Å². The highest BCUT2D eigenvalue weighted by Gasteiger charge is 2.12. The van der Waals surface area contributed by atoms with Crippen molar-refractivity contribution < 1.29 is 0 Å². The number of hydrogen-bond acceptors (Lipinski definition) is 2. The minimum atomic E-state index is 0.771. The first-order valence-electron chi connectivity index (χ1n) is 5.73. The summed E-state index contributed by atoms with van der Waals surface area (Å²) >= 11 is 3.54. The van der Waals surface area contributed by atoms with E-state index in [1.54, 1.807) is 0 Å². The van der Waals surface area contributed by atoms with Crippen molar-refractivity contribution in [3.8, 4) is 11.3 Å². The second-order valence-electron chi connectivity index (χ2n) is 4.35. The molecule has 1 aromatic carbocycles. The highest BCUT2D eigenvalue weighted by atomic mass is 79.9. The molecule has 3 rings (SSSR count). The van der Waals surface area contributed by atoms with Crippen LogP contribution in [0.1, 0.15) is 11.4 Å². The van der Waals surface area contributed by atoms with Crippen LogP contribution in [0.5, 0.6) is 0 Å². The van der Waals surface area contributed by atoms with Gasteiger partial charge in [-0.05, 0) is 29.8 Å². The zero-order valence-corrected chi connectivity index (χ0v) is 11.7. The molecule has 0 spiro atoms. The predicted octanol–water partition coefficient (Wildman–Crippen LogP) is 4.00. The van der Waals surface area contributed by atoms with Crippen molar-refractivity contribution in [2.45, 2.75) is 13.8 Å². The number of aromatic nitrogens is 3. The molecule has 0 amide bonds. The molecule has 0 atom stereocenters. The Morgan fingerprint density at radius 2 is 1.78 bits per heavy atom. The van der Waals surface area contributed by atoms with Crippen LogP contribution in [0.25, 0.3) is 22.3 Å².